The third-order valence-corrected chi connectivity index (χ3v) is 2.89. The quantitative estimate of drug-likeness (QED) is 0.425. The molecule has 0 radical (unpaired) electrons. The normalized spacial score (nSPS) is 10.9. The van der Waals surface area contributed by atoms with Gasteiger partial charge in [0.15, 0.2) is 29.1 Å². The summed E-state index contributed by atoms with van der Waals surface area (Å²) < 4.78 is 80.2. The van der Waals surface area contributed by atoms with Crippen molar-refractivity contribution in [1.82, 2.24) is 0 Å². The summed E-state index contributed by atoms with van der Waals surface area (Å²) in [6, 6.07) is 1.56. The summed E-state index contributed by atoms with van der Waals surface area (Å²) in [7, 11) is 0. The summed E-state index contributed by atoms with van der Waals surface area (Å²) in [4.78, 5) is 0. The first kappa shape index (κ1) is 14.4. The van der Waals surface area contributed by atoms with Crippen molar-refractivity contribution in [3.05, 3.63) is 58.7 Å². The molecule has 2 aromatic carbocycles. The average molecular weight is 290 g/mol. The molecule has 0 N–H and O–H groups in total. The van der Waals surface area contributed by atoms with Gasteiger partial charge in [0.25, 0.3) is 0 Å². The van der Waals surface area contributed by atoms with Crippen LogP contribution in [-0.4, -0.2) is 0 Å². The number of hydrogen-bond donors (Lipinski definition) is 0. The van der Waals surface area contributed by atoms with E-state index in [0.717, 1.165) is 6.07 Å². The Bertz CT molecular complexity index is 655. The first-order chi connectivity index (χ1) is 9.36. The van der Waals surface area contributed by atoms with Crippen molar-refractivity contribution >= 4 is 0 Å². The van der Waals surface area contributed by atoms with Crippen molar-refractivity contribution in [2.24, 2.45) is 0 Å². The molecular weight excluding hydrogens is 282 g/mol. The summed E-state index contributed by atoms with van der Waals surface area (Å²) in [5.74, 6) is -9.02. The molecule has 0 aliphatic carbocycles. The van der Waals surface area contributed by atoms with Gasteiger partial charge in [-0.1, -0.05) is 6.92 Å². The first-order valence-electron chi connectivity index (χ1n) is 5.68. The molecule has 0 spiro atoms. The predicted molar refractivity (Wildman–Crippen MR) is 61.0 cm³/mol. The lowest BCUT2D eigenvalue weighted by molar-refractivity contribution is 0.447. The molecule has 0 bridgehead atoms. The van der Waals surface area contributed by atoms with Crippen LogP contribution in [0.5, 0.6) is 0 Å². The summed E-state index contributed by atoms with van der Waals surface area (Å²) in [6.07, 6.45) is 0.0477. The zero-order valence-electron chi connectivity index (χ0n) is 10.2. The van der Waals surface area contributed by atoms with Crippen molar-refractivity contribution in [3.63, 3.8) is 0 Å². The second-order valence-corrected chi connectivity index (χ2v) is 4.13. The Morgan fingerprint density at radius 1 is 0.700 bits per heavy atom. The van der Waals surface area contributed by atoms with Crippen molar-refractivity contribution < 1.29 is 26.3 Å². The van der Waals surface area contributed by atoms with E-state index in [2.05, 4.69) is 0 Å². The van der Waals surface area contributed by atoms with Gasteiger partial charge < -0.3 is 0 Å². The van der Waals surface area contributed by atoms with Crippen LogP contribution in [0.2, 0.25) is 0 Å². The van der Waals surface area contributed by atoms with Crippen LogP contribution in [-0.2, 0) is 6.42 Å². The molecule has 106 valence electrons. The Balaban J connectivity index is 2.73. The van der Waals surface area contributed by atoms with Crippen LogP contribution in [0.15, 0.2) is 18.2 Å². The number of aryl methyl sites for hydroxylation is 1. The smallest absolute Gasteiger partial charge is 0.194 e. The number of rotatable bonds is 2. The lowest BCUT2D eigenvalue weighted by Gasteiger charge is -2.10. The number of halogens is 6. The SMILES string of the molecule is CCc1cc(F)c(-c2cc(F)c(F)c(F)c2)c(F)c1F. The molecule has 0 aliphatic heterocycles. The minimum absolute atomic E-state index is 0.0477. The molecule has 0 amide bonds. The Hall–Kier alpha value is -1.98. The van der Waals surface area contributed by atoms with Crippen molar-refractivity contribution in [1.29, 1.82) is 0 Å². The van der Waals surface area contributed by atoms with E-state index in [4.69, 9.17) is 0 Å². The fourth-order valence-corrected chi connectivity index (χ4v) is 1.87. The minimum Gasteiger partial charge on any atom is -0.206 e. The van der Waals surface area contributed by atoms with Crippen LogP contribution >= 0.6 is 0 Å². The van der Waals surface area contributed by atoms with Gasteiger partial charge in [0.05, 0.1) is 5.56 Å². The van der Waals surface area contributed by atoms with E-state index < -0.39 is 46.0 Å². The summed E-state index contributed by atoms with van der Waals surface area (Å²) >= 11 is 0. The molecule has 6 heteroatoms. The molecule has 0 aromatic heterocycles. The van der Waals surface area contributed by atoms with Crippen molar-refractivity contribution in [2.75, 3.05) is 0 Å². The molecule has 2 rings (SSSR count). The van der Waals surface area contributed by atoms with Gasteiger partial charge in [0.2, 0.25) is 0 Å². The minimum atomic E-state index is -1.76. The van der Waals surface area contributed by atoms with Gasteiger partial charge in [-0.3, -0.25) is 0 Å². The Morgan fingerprint density at radius 2 is 1.25 bits per heavy atom. The molecule has 0 atom stereocenters. The summed E-state index contributed by atoms with van der Waals surface area (Å²) in [5.41, 5.74) is -1.75. The number of benzene rings is 2. The standard InChI is InChI=1S/C14H8F6/c1-2-6-3-8(15)11(14(20)12(6)18)7-4-9(16)13(19)10(17)5-7/h3-5H,2H2,1H3. The molecular formula is C14H8F6. The largest absolute Gasteiger partial charge is 0.206 e. The highest BCUT2D eigenvalue weighted by molar-refractivity contribution is 5.66. The maximum atomic E-state index is 13.8. The lowest BCUT2D eigenvalue weighted by atomic mass is 10.0. The molecule has 0 saturated heterocycles. The van der Waals surface area contributed by atoms with E-state index in [9.17, 15) is 26.3 Å². The third-order valence-electron chi connectivity index (χ3n) is 2.89. The van der Waals surface area contributed by atoms with Crippen molar-refractivity contribution in [2.45, 2.75) is 13.3 Å². The number of hydrogen-bond acceptors (Lipinski definition) is 0. The zero-order valence-corrected chi connectivity index (χ0v) is 10.2. The van der Waals surface area contributed by atoms with E-state index in [0.29, 0.717) is 12.1 Å². The van der Waals surface area contributed by atoms with Gasteiger partial charge in [-0.05, 0) is 35.7 Å². The van der Waals surface area contributed by atoms with Gasteiger partial charge in [0.1, 0.15) is 5.82 Å². The van der Waals surface area contributed by atoms with Gasteiger partial charge in [0, 0.05) is 0 Å². The zero-order chi connectivity index (χ0) is 15.0. The van der Waals surface area contributed by atoms with Crippen LogP contribution < -0.4 is 0 Å². The van der Waals surface area contributed by atoms with Gasteiger partial charge in [-0.15, -0.1) is 0 Å². The fourth-order valence-electron chi connectivity index (χ4n) is 1.87. The second-order valence-electron chi connectivity index (χ2n) is 4.13. The van der Waals surface area contributed by atoms with Crippen LogP contribution in [0.3, 0.4) is 0 Å². The highest BCUT2D eigenvalue weighted by Gasteiger charge is 2.21. The molecule has 0 nitrogen and oxygen atoms in total. The average Bonchev–Trinajstić information content (AvgIpc) is 2.40. The van der Waals surface area contributed by atoms with E-state index >= 15 is 0 Å². The van der Waals surface area contributed by atoms with Crippen LogP contribution in [0.4, 0.5) is 26.3 Å². The maximum absolute atomic E-state index is 13.8. The fraction of sp³-hybridized carbons (Fsp3) is 0.143. The van der Waals surface area contributed by atoms with E-state index in [1.165, 1.54) is 6.92 Å². The summed E-state index contributed by atoms with van der Waals surface area (Å²) in [6.45, 7) is 1.49. The first-order valence-corrected chi connectivity index (χ1v) is 5.68. The third kappa shape index (κ3) is 2.26. The Morgan fingerprint density at radius 3 is 1.75 bits per heavy atom. The molecule has 0 aliphatic rings. The van der Waals surface area contributed by atoms with Crippen LogP contribution in [0.25, 0.3) is 11.1 Å². The van der Waals surface area contributed by atoms with E-state index in [-0.39, 0.29) is 12.0 Å². The Kier molecular flexibility index (Phi) is 3.74. The lowest BCUT2D eigenvalue weighted by Crippen LogP contribution is -2.01. The van der Waals surface area contributed by atoms with Crippen LogP contribution in [0.1, 0.15) is 12.5 Å². The highest BCUT2D eigenvalue weighted by Crippen LogP contribution is 2.31. The second kappa shape index (κ2) is 5.19. The van der Waals surface area contributed by atoms with Gasteiger partial charge in [-0.25, -0.2) is 26.3 Å². The van der Waals surface area contributed by atoms with Gasteiger partial charge >= 0.3 is 0 Å². The topological polar surface area (TPSA) is 0 Å². The molecule has 0 heterocycles. The summed E-state index contributed by atoms with van der Waals surface area (Å²) in [5, 5.41) is 0. The van der Waals surface area contributed by atoms with E-state index in [1.807, 2.05) is 0 Å². The van der Waals surface area contributed by atoms with Crippen molar-refractivity contribution in [3.8, 4) is 11.1 Å². The molecule has 20 heavy (non-hydrogen) atoms. The Labute approximate surface area is 110 Å². The van der Waals surface area contributed by atoms with Crippen LogP contribution in [0, 0.1) is 34.9 Å². The monoisotopic (exact) mass is 290 g/mol. The van der Waals surface area contributed by atoms with Gasteiger partial charge in [-0.2, -0.15) is 0 Å². The highest BCUT2D eigenvalue weighted by atomic mass is 19.2. The molecule has 2 aromatic rings. The van der Waals surface area contributed by atoms with E-state index in [1.54, 1.807) is 0 Å². The maximum Gasteiger partial charge on any atom is 0.194 e. The molecule has 0 saturated carbocycles. The molecule has 0 fully saturated rings. The molecule has 0 unspecified atom stereocenters. The predicted octanol–water partition coefficient (Wildman–Crippen LogP) is 4.75.